The lowest BCUT2D eigenvalue weighted by Gasteiger charge is -2.35. The monoisotopic (exact) mass is 672 g/mol. The predicted molar refractivity (Wildman–Crippen MR) is 196 cm³/mol. The maximum atomic E-state index is 5.36. The molecule has 0 radical (unpaired) electrons. The molecule has 3 aliphatic heterocycles. The smallest absolute Gasteiger partial charge is 0.241 e. The Balaban J connectivity index is 1.27. The summed E-state index contributed by atoms with van der Waals surface area (Å²) in [6, 6.07) is 50.8. The molecule has 0 unspecified atom stereocenters. The van der Waals surface area contributed by atoms with E-state index in [1.54, 1.807) is 35.3 Å². The lowest BCUT2D eigenvalue weighted by molar-refractivity contribution is 0.937. The summed E-state index contributed by atoms with van der Waals surface area (Å²) in [6.45, 7) is 0. The minimum Gasteiger partial charge on any atom is -0.277 e. The largest absolute Gasteiger partial charge is 0.277 e. The fourth-order valence-electron chi connectivity index (χ4n) is 6.40. The van der Waals surface area contributed by atoms with Crippen LogP contribution in [0.2, 0.25) is 0 Å². The first-order valence-corrected chi connectivity index (χ1v) is 18.0. The fraction of sp³-hybridized carbons (Fsp3) is 0. The zero-order valence-electron chi connectivity index (χ0n) is 25.3. The Kier molecular flexibility index (Phi) is 6.50. The van der Waals surface area contributed by atoms with E-state index in [0.717, 1.165) is 63.5 Å². The number of hydrogen-bond acceptors (Lipinski definition) is 9. The summed E-state index contributed by atoms with van der Waals surface area (Å²) in [6.07, 6.45) is 0. The van der Waals surface area contributed by atoms with Crippen LogP contribution >= 0.6 is 35.3 Å². The Morgan fingerprint density at radius 2 is 0.458 bits per heavy atom. The number of fused-ring (bicyclic) bond motifs is 6. The van der Waals surface area contributed by atoms with Crippen molar-refractivity contribution in [1.29, 1.82) is 0 Å². The van der Waals surface area contributed by atoms with Gasteiger partial charge in [0.1, 0.15) is 0 Å². The Morgan fingerprint density at radius 3 is 0.667 bits per heavy atom. The van der Waals surface area contributed by atoms with Crippen LogP contribution in [0, 0.1) is 0 Å². The normalized spacial score (nSPS) is 13.9. The Labute approximate surface area is 290 Å². The topological polar surface area (TPSA) is 48.4 Å². The molecule has 6 nitrogen and oxygen atoms in total. The van der Waals surface area contributed by atoms with Gasteiger partial charge in [0, 0.05) is 29.4 Å². The second kappa shape index (κ2) is 11.2. The molecule has 0 aliphatic carbocycles. The summed E-state index contributed by atoms with van der Waals surface area (Å²) >= 11 is 5.31. The Morgan fingerprint density at radius 1 is 0.271 bits per heavy atom. The summed E-state index contributed by atoms with van der Waals surface area (Å²) in [4.78, 5) is 29.5. The van der Waals surface area contributed by atoms with Crippen LogP contribution in [0.4, 0.5) is 52.0 Å². The lowest BCUT2D eigenvalue weighted by atomic mass is 10.2. The first-order valence-electron chi connectivity index (χ1n) is 15.5. The van der Waals surface area contributed by atoms with Gasteiger partial charge in [-0.3, -0.25) is 14.7 Å². The van der Waals surface area contributed by atoms with Crippen molar-refractivity contribution in [2.75, 3.05) is 14.7 Å². The molecule has 0 N–H and O–H groups in total. The summed E-state index contributed by atoms with van der Waals surface area (Å²) in [5.41, 5.74) is 6.22. The van der Waals surface area contributed by atoms with Crippen LogP contribution in [0.5, 0.6) is 0 Å². The van der Waals surface area contributed by atoms with Crippen LogP contribution in [-0.2, 0) is 0 Å². The van der Waals surface area contributed by atoms with Gasteiger partial charge in [0.05, 0.1) is 34.1 Å². The third-order valence-electron chi connectivity index (χ3n) is 8.50. The first kappa shape index (κ1) is 27.9. The highest BCUT2D eigenvalue weighted by atomic mass is 32.2. The van der Waals surface area contributed by atoms with Gasteiger partial charge in [-0.25, -0.2) is 0 Å². The molecule has 4 heterocycles. The second-order valence-electron chi connectivity index (χ2n) is 11.4. The molecule has 0 atom stereocenters. The molecule has 3 aliphatic rings. The van der Waals surface area contributed by atoms with Gasteiger partial charge in [-0.1, -0.05) is 108 Å². The highest BCUT2D eigenvalue weighted by molar-refractivity contribution is 8.00. The van der Waals surface area contributed by atoms with E-state index in [2.05, 4.69) is 160 Å². The van der Waals surface area contributed by atoms with E-state index in [-0.39, 0.29) is 0 Å². The van der Waals surface area contributed by atoms with E-state index in [9.17, 15) is 0 Å². The number of para-hydroxylation sites is 6. The Bertz CT molecular complexity index is 1980. The van der Waals surface area contributed by atoms with Gasteiger partial charge in [0.2, 0.25) is 17.8 Å². The van der Waals surface area contributed by atoms with Crippen molar-refractivity contribution in [3.05, 3.63) is 146 Å². The van der Waals surface area contributed by atoms with E-state index in [0.29, 0.717) is 17.8 Å². The quantitative estimate of drug-likeness (QED) is 0.182. The van der Waals surface area contributed by atoms with Crippen molar-refractivity contribution in [3.63, 3.8) is 0 Å². The van der Waals surface area contributed by atoms with Crippen molar-refractivity contribution < 1.29 is 0 Å². The molecule has 0 saturated heterocycles. The van der Waals surface area contributed by atoms with Crippen LogP contribution in [0.1, 0.15) is 0 Å². The van der Waals surface area contributed by atoms with E-state index >= 15 is 0 Å². The van der Waals surface area contributed by atoms with Crippen LogP contribution in [-0.4, -0.2) is 15.0 Å². The van der Waals surface area contributed by atoms with Crippen molar-refractivity contribution in [3.8, 4) is 0 Å². The number of benzene rings is 6. The van der Waals surface area contributed by atoms with Crippen LogP contribution in [0.3, 0.4) is 0 Å². The Hall–Kier alpha value is -5.22. The van der Waals surface area contributed by atoms with Gasteiger partial charge in [0.25, 0.3) is 0 Å². The number of nitrogens with zero attached hydrogens (tertiary/aromatic N) is 6. The van der Waals surface area contributed by atoms with Gasteiger partial charge in [-0.15, -0.1) is 0 Å². The van der Waals surface area contributed by atoms with E-state index < -0.39 is 0 Å². The summed E-state index contributed by atoms with van der Waals surface area (Å²) in [5, 5.41) is 0. The molecule has 6 aromatic carbocycles. The maximum absolute atomic E-state index is 5.36. The van der Waals surface area contributed by atoms with Crippen molar-refractivity contribution in [1.82, 2.24) is 15.0 Å². The van der Waals surface area contributed by atoms with E-state index in [1.165, 1.54) is 0 Å². The van der Waals surface area contributed by atoms with Gasteiger partial charge in [-0.2, -0.15) is 15.0 Å². The number of aromatic nitrogens is 3. The predicted octanol–water partition coefficient (Wildman–Crippen LogP) is 11.7. The third kappa shape index (κ3) is 4.42. The van der Waals surface area contributed by atoms with Crippen molar-refractivity contribution >= 4 is 87.3 Å². The molecule has 0 saturated carbocycles. The molecular formula is C39H24N6S3. The van der Waals surface area contributed by atoms with Gasteiger partial charge in [-0.05, 0) is 72.8 Å². The average Bonchev–Trinajstić information content (AvgIpc) is 3.14. The summed E-state index contributed by atoms with van der Waals surface area (Å²) in [7, 11) is 0. The molecule has 1 aromatic heterocycles. The molecule has 48 heavy (non-hydrogen) atoms. The van der Waals surface area contributed by atoms with Crippen molar-refractivity contribution in [2.24, 2.45) is 0 Å². The van der Waals surface area contributed by atoms with Gasteiger partial charge >= 0.3 is 0 Å². The van der Waals surface area contributed by atoms with Gasteiger partial charge in [0.15, 0.2) is 0 Å². The SMILES string of the molecule is c1ccc2c(c1)Sc1ccccc1N2c1nc(N2c3ccccc3Sc3ccccc32)nc(N2c3ccccc3Sc3ccccc32)n1. The minimum absolute atomic E-state index is 0.552. The lowest BCUT2D eigenvalue weighted by Crippen LogP contribution is -2.25. The summed E-state index contributed by atoms with van der Waals surface area (Å²) in [5.74, 6) is 1.66. The van der Waals surface area contributed by atoms with Crippen LogP contribution in [0.25, 0.3) is 0 Å². The van der Waals surface area contributed by atoms with Gasteiger partial charge < -0.3 is 0 Å². The molecule has 0 bridgehead atoms. The fourth-order valence-corrected chi connectivity index (χ4v) is 9.58. The van der Waals surface area contributed by atoms with Crippen LogP contribution in [0.15, 0.2) is 175 Å². The van der Waals surface area contributed by atoms with E-state index in [1.807, 2.05) is 0 Å². The highest BCUT2D eigenvalue weighted by Crippen LogP contribution is 2.55. The number of anilines is 9. The van der Waals surface area contributed by atoms with Crippen LogP contribution < -0.4 is 14.7 Å². The number of rotatable bonds is 3. The molecule has 0 fully saturated rings. The maximum Gasteiger partial charge on any atom is 0.241 e. The minimum atomic E-state index is 0.552. The highest BCUT2D eigenvalue weighted by Gasteiger charge is 2.34. The molecule has 9 heteroatoms. The standard InChI is InChI=1S/C39H24N6S3/c1-7-19-31-25(13-1)43(26-14-2-8-20-32(26)46-31)37-40-38(44-27-15-3-9-21-33(27)47-34-22-10-4-16-28(34)44)42-39(41-37)45-29-17-5-11-23-35(29)48-36-24-12-6-18-30(36)45/h1-24H. The molecule has 228 valence electrons. The molecular weight excluding hydrogens is 649 g/mol. The van der Waals surface area contributed by atoms with Crippen molar-refractivity contribution in [2.45, 2.75) is 29.4 Å². The third-order valence-corrected chi connectivity index (χ3v) is 11.9. The molecule has 7 aromatic rings. The second-order valence-corrected chi connectivity index (χ2v) is 14.6. The summed E-state index contributed by atoms with van der Waals surface area (Å²) < 4.78 is 0. The zero-order chi connectivity index (χ0) is 31.6. The average molecular weight is 673 g/mol. The van der Waals surface area contributed by atoms with E-state index in [4.69, 9.17) is 15.0 Å². The molecule has 10 rings (SSSR count). The zero-order valence-corrected chi connectivity index (χ0v) is 27.7. The molecule has 0 amide bonds. The molecule has 0 spiro atoms. The first-order chi connectivity index (χ1) is 23.8. The number of hydrogen-bond donors (Lipinski definition) is 0.